The van der Waals surface area contributed by atoms with Crippen LogP contribution in [0.4, 0.5) is 0 Å². The molecule has 0 unspecified atom stereocenters. The molecule has 3 heteroatoms. The number of benzene rings is 1. The Kier molecular flexibility index (Phi) is 3.52. The number of nitrogens with zero attached hydrogens (tertiary/aromatic N) is 1. The first-order valence-electron chi connectivity index (χ1n) is 5.21. The first-order valence-corrected chi connectivity index (χ1v) is 5.21. The van der Waals surface area contributed by atoms with Gasteiger partial charge in [0.15, 0.2) is 0 Å². The fraction of sp³-hybridized carbons (Fsp3) is 0.333. The Bertz CT molecular complexity index is 446. The van der Waals surface area contributed by atoms with E-state index in [1.165, 1.54) is 36.0 Å². The smallest absolute Gasteiger partial charge is 0.0457 e. The van der Waals surface area contributed by atoms with Crippen molar-refractivity contribution in [1.82, 2.24) is 9.88 Å². The largest absolute Gasteiger partial charge is 0.361 e. The van der Waals surface area contributed by atoms with E-state index in [-0.39, 0.29) is 29.6 Å². The van der Waals surface area contributed by atoms with Gasteiger partial charge in [0.05, 0.1) is 0 Å². The van der Waals surface area contributed by atoms with Gasteiger partial charge in [0.25, 0.3) is 0 Å². The fourth-order valence-electron chi connectivity index (χ4n) is 2.07. The third-order valence-electron chi connectivity index (χ3n) is 3.03. The van der Waals surface area contributed by atoms with E-state index in [2.05, 4.69) is 34.1 Å². The van der Waals surface area contributed by atoms with Gasteiger partial charge in [-0.15, -0.1) is 0 Å². The molecule has 15 heavy (non-hydrogen) atoms. The summed E-state index contributed by atoms with van der Waals surface area (Å²) < 4.78 is 0. The number of likely N-dealkylation sites (tertiary alicyclic amines) is 1. The maximum atomic E-state index is 3.25. The van der Waals surface area contributed by atoms with Gasteiger partial charge >= 0.3 is 0 Å². The standard InChI is InChI=1S/C12H14N2.Na/c1-3-10(9-14-7-2-8-14)11-5-6-13-12(11)4-1;/h1,3-6,13H,2,7-9H2;. The van der Waals surface area contributed by atoms with Gasteiger partial charge in [-0.1, -0.05) is 12.1 Å². The van der Waals surface area contributed by atoms with Gasteiger partial charge in [0.2, 0.25) is 0 Å². The second kappa shape index (κ2) is 4.71. The van der Waals surface area contributed by atoms with Crippen molar-refractivity contribution in [3.8, 4) is 0 Å². The summed E-state index contributed by atoms with van der Waals surface area (Å²) in [5, 5.41) is 1.37. The Morgan fingerprint density at radius 3 is 2.80 bits per heavy atom. The zero-order valence-corrected chi connectivity index (χ0v) is 11.2. The van der Waals surface area contributed by atoms with E-state index in [4.69, 9.17) is 0 Å². The monoisotopic (exact) mass is 209 g/mol. The number of hydrogen-bond acceptors (Lipinski definition) is 1. The third kappa shape index (κ3) is 2.13. The van der Waals surface area contributed by atoms with Gasteiger partial charge in [-0.3, -0.25) is 4.90 Å². The summed E-state index contributed by atoms with van der Waals surface area (Å²) in [6.07, 6.45) is 3.38. The second-order valence-corrected chi connectivity index (χ2v) is 3.99. The van der Waals surface area contributed by atoms with Crippen LogP contribution in [0.2, 0.25) is 0 Å². The van der Waals surface area contributed by atoms with Crippen molar-refractivity contribution in [2.45, 2.75) is 13.0 Å². The van der Waals surface area contributed by atoms with Crippen molar-refractivity contribution >= 4 is 40.5 Å². The molecule has 0 bridgehead atoms. The van der Waals surface area contributed by atoms with Crippen LogP contribution in [0.25, 0.3) is 10.9 Å². The molecule has 0 saturated carbocycles. The Labute approximate surface area is 112 Å². The number of hydrogen-bond donors (Lipinski definition) is 1. The normalized spacial score (nSPS) is 16.0. The molecule has 0 amide bonds. The molecule has 1 aliphatic heterocycles. The molecule has 1 N–H and O–H groups in total. The van der Waals surface area contributed by atoms with Crippen LogP contribution in [0.15, 0.2) is 30.5 Å². The van der Waals surface area contributed by atoms with Gasteiger partial charge < -0.3 is 4.98 Å². The number of rotatable bonds is 2. The zero-order valence-electron chi connectivity index (χ0n) is 9.16. The van der Waals surface area contributed by atoms with Crippen LogP contribution in [0.1, 0.15) is 12.0 Å². The summed E-state index contributed by atoms with van der Waals surface area (Å²) in [7, 11) is 0. The van der Waals surface area contributed by atoms with Crippen molar-refractivity contribution in [3.63, 3.8) is 0 Å². The number of fused-ring (bicyclic) bond motifs is 1. The van der Waals surface area contributed by atoms with Crippen molar-refractivity contribution in [3.05, 3.63) is 36.0 Å². The van der Waals surface area contributed by atoms with Crippen LogP contribution in [0, 0.1) is 0 Å². The molecule has 1 saturated heterocycles. The first-order chi connectivity index (χ1) is 6.93. The molecule has 1 aromatic heterocycles. The summed E-state index contributed by atoms with van der Waals surface area (Å²) in [5.74, 6) is 0. The van der Waals surface area contributed by atoms with E-state index in [0.717, 1.165) is 6.54 Å². The van der Waals surface area contributed by atoms with Crippen LogP contribution in [-0.4, -0.2) is 52.5 Å². The van der Waals surface area contributed by atoms with Gasteiger partial charge in [0.1, 0.15) is 0 Å². The van der Waals surface area contributed by atoms with Crippen molar-refractivity contribution in [2.75, 3.05) is 13.1 Å². The second-order valence-electron chi connectivity index (χ2n) is 3.99. The summed E-state index contributed by atoms with van der Waals surface area (Å²) in [6, 6.07) is 8.67. The van der Waals surface area contributed by atoms with Crippen LogP contribution >= 0.6 is 0 Å². The minimum atomic E-state index is 0. The summed E-state index contributed by atoms with van der Waals surface area (Å²) in [5.41, 5.74) is 2.70. The average molecular weight is 209 g/mol. The minimum Gasteiger partial charge on any atom is -0.361 e. The molecule has 0 aliphatic carbocycles. The number of aromatic nitrogens is 1. The van der Waals surface area contributed by atoms with Gasteiger partial charge in [-0.05, 0) is 37.2 Å². The van der Waals surface area contributed by atoms with E-state index >= 15 is 0 Å². The maximum absolute atomic E-state index is 3.25. The van der Waals surface area contributed by atoms with Crippen LogP contribution < -0.4 is 0 Å². The number of nitrogens with one attached hydrogen (secondary N) is 1. The molecule has 3 rings (SSSR count). The maximum Gasteiger partial charge on any atom is 0.0457 e. The van der Waals surface area contributed by atoms with Crippen molar-refractivity contribution in [2.24, 2.45) is 0 Å². The van der Waals surface area contributed by atoms with E-state index in [9.17, 15) is 0 Å². The molecule has 2 nitrogen and oxygen atoms in total. The summed E-state index contributed by atoms with van der Waals surface area (Å²) in [6.45, 7) is 3.64. The molecular weight excluding hydrogens is 195 g/mol. The molecule has 0 atom stereocenters. The van der Waals surface area contributed by atoms with E-state index in [1.807, 2.05) is 6.20 Å². The molecule has 73 valence electrons. The van der Waals surface area contributed by atoms with Gasteiger partial charge in [0, 0.05) is 53.2 Å². The fourth-order valence-corrected chi connectivity index (χ4v) is 2.07. The molecule has 1 radical (unpaired) electrons. The molecule has 1 aliphatic rings. The predicted octanol–water partition coefficient (Wildman–Crippen LogP) is 1.99. The van der Waals surface area contributed by atoms with Crippen LogP contribution in [0.5, 0.6) is 0 Å². The topological polar surface area (TPSA) is 19.0 Å². The van der Waals surface area contributed by atoms with Gasteiger partial charge in [-0.25, -0.2) is 0 Å². The molecule has 0 spiro atoms. The van der Waals surface area contributed by atoms with Crippen LogP contribution in [-0.2, 0) is 6.54 Å². The molecular formula is C12H14N2Na. The Morgan fingerprint density at radius 2 is 2.07 bits per heavy atom. The van der Waals surface area contributed by atoms with Crippen molar-refractivity contribution < 1.29 is 0 Å². The van der Waals surface area contributed by atoms with E-state index in [0.29, 0.717) is 0 Å². The molecule has 2 aromatic rings. The van der Waals surface area contributed by atoms with Gasteiger partial charge in [-0.2, -0.15) is 0 Å². The molecule has 2 heterocycles. The Balaban J connectivity index is 0.000000853. The average Bonchev–Trinajstić information content (AvgIpc) is 2.59. The molecule has 1 fully saturated rings. The number of H-pyrrole nitrogens is 1. The van der Waals surface area contributed by atoms with E-state index in [1.54, 1.807) is 0 Å². The Morgan fingerprint density at radius 1 is 1.20 bits per heavy atom. The van der Waals surface area contributed by atoms with Crippen molar-refractivity contribution in [1.29, 1.82) is 0 Å². The summed E-state index contributed by atoms with van der Waals surface area (Å²) >= 11 is 0. The van der Waals surface area contributed by atoms with Crippen LogP contribution in [0.3, 0.4) is 0 Å². The predicted molar refractivity (Wildman–Crippen MR) is 63.9 cm³/mol. The molecule has 1 aromatic carbocycles. The summed E-state index contributed by atoms with van der Waals surface area (Å²) in [4.78, 5) is 5.74. The SMILES string of the molecule is [Na].c1cc(CN2CCC2)c2cc[nH]c2c1. The zero-order chi connectivity index (χ0) is 9.38. The third-order valence-corrected chi connectivity index (χ3v) is 3.03. The quantitative estimate of drug-likeness (QED) is 0.749. The first kappa shape index (κ1) is 11.2. The van der Waals surface area contributed by atoms with E-state index < -0.39 is 0 Å². The Hall–Kier alpha value is -0.280. The minimum absolute atomic E-state index is 0. The number of aromatic amines is 1.